The van der Waals surface area contributed by atoms with E-state index in [2.05, 4.69) is 20.4 Å². The number of aliphatic hydroxyl groups is 1. The number of halogens is 1. The molecule has 4 aromatic rings. The quantitative estimate of drug-likeness (QED) is 0.492. The van der Waals surface area contributed by atoms with Gasteiger partial charge in [0.05, 0.1) is 24.5 Å². The Balaban J connectivity index is 1.68. The summed E-state index contributed by atoms with van der Waals surface area (Å²) >= 11 is 0. The molecule has 3 N–H and O–H groups in total. The van der Waals surface area contributed by atoms with Gasteiger partial charge in [0.2, 0.25) is 0 Å². The molecule has 0 amide bonds. The molecule has 7 nitrogen and oxygen atoms in total. The first kappa shape index (κ1) is 17.9. The minimum Gasteiger partial charge on any atom is -0.508 e. The van der Waals surface area contributed by atoms with E-state index < -0.39 is 5.82 Å². The summed E-state index contributed by atoms with van der Waals surface area (Å²) in [4.78, 5) is 8.67. The molecule has 0 saturated carbocycles. The SMILES string of the molecule is C[C@@H](Nc1ccc2ncc(-c3cc(CO)ccn3)n2n1)c1cc(F)ccc1O. The number of aromatic hydroxyl groups is 1. The lowest BCUT2D eigenvalue weighted by atomic mass is 10.1. The molecule has 0 fully saturated rings. The lowest BCUT2D eigenvalue weighted by Crippen LogP contribution is -2.10. The normalized spacial score (nSPS) is 12.2. The van der Waals surface area contributed by atoms with E-state index in [9.17, 15) is 14.6 Å². The van der Waals surface area contributed by atoms with Crippen LogP contribution in [-0.2, 0) is 6.61 Å². The van der Waals surface area contributed by atoms with E-state index in [1.54, 1.807) is 41.2 Å². The topological polar surface area (TPSA) is 95.6 Å². The van der Waals surface area contributed by atoms with Crippen LogP contribution < -0.4 is 5.32 Å². The lowest BCUT2D eigenvalue weighted by Gasteiger charge is -2.16. The average Bonchev–Trinajstić information content (AvgIpc) is 3.13. The van der Waals surface area contributed by atoms with Crippen molar-refractivity contribution in [2.75, 3.05) is 5.32 Å². The van der Waals surface area contributed by atoms with Crippen LogP contribution in [0, 0.1) is 5.82 Å². The van der Waals surface area contributed by atoms with E-state index in [4.69, 9.17) is 0 Å². The number of anilines is 1. The van der Waals surface area contributed by atoms with Gasteiger partial charge in [-0.15, -0.1) is 5.10 Å². The van der Waals surface area contributed by atoms with Crippen molar-refractivity contribution in [2.24, 2.45) is 0 Å². The fourth-order valence-corrected chi connectivity index (χ4v) is 3.01. The maximum Gasteiger partial charge on any atom is 0.154 e. The van der Waals surface area contributed by atoms with Crippen LogP contribution in [0.1, 0.15) is 24.1 Å². The molecule has 0 aliphatic heterocycles. The van der Waals surface area contributed by atoms with E-state index in [0.717, 1.165) is 5.56 Å². The minimum absolute atomic E-state index is 0.0100. The molecule has 0 bridgehead atoms. The van der Waals surface area contributed by atoms with E-state index >= 15 is 0 Å². The molecule has 0 radical (unpaired) electrons. The summed E-state index contributed by atoms with van der Waals surface area (Å²) < 4.78 is 15.2. The highest BCUT2D eigenvalue weighted by Gasteiger charge is 2.14. The summed E-state index contributed by atoms with van der Waals surface area (Å²) in [5.41, 5.74) is 3.13. The number of imidazole rings is 1. The molecular weight excluding hydrogens is 361 g/mol. The molecular formula is C20H18FN5O2. The monoisotopic (exact) mass is 379 g/mol. The molecule has 0 spiro atoms. The van der Waals surface area contributed by atoms with Gasteiger partial charge in [0.1, 0.15) is 23.1 Å². The number of hydrogen-bond donors (Lipinski definition) is 3. The summed E-state index contributed by atoms with van der Waals surface area (Å²) in [5.74, 6) is 0.119. The summed E-state index contributed by atoms with van der Waals surface area (Å²) in [7, 11) is 0. The smallest absolute Gasteiger partial charge is 0.154 e. The third kappa shape index (κ3) is 3.37. The number of fused-ring (bicyclic) bond motifs is 1. The number of nitrogens with one attached hydrogen (secondary N) is 1. The Hall–Kier alpha value is -3.52. The average molecular weight is 379 g/mol. The summed E-state index contributed by atoms with van der Waals surface area (Å²) in [6.45, 7) is 1.72. The van der Waals surface area contributed by atoms with Crippen molar-refractivity contribution in [3.63, 3.8) is 0 Å². The Bertz CT molecular complexity index is 1140. The summed E-state index contributed by atoms with van der Waals surface area (Å²) in [5, 5.41) is 27.0. The van der Waals surface area contributed by atoms with Gasteiger partial charge in [-0.1, -0.05) is 0 Å². The zero-order valence-electron chi connectivity index (χ0n) is 15.0. The van der Waals surface area contributed by atoms with Crippen LogP contribution in [0.15, 0.2) is 54.9 Å². The fourth-order valence-electron chi connectivity index (χ4n) is 3.01. The molecule has 3 aromatic heterocycles. The molecule has 0 aliphatic carbocycles. The number of phenolic OH excluding ortho intramolecular Hbond substituents is 1. The highest BCUT2D eigenvalue weighted by atomic mass is 19.1. The Morgan fingerprint density at radius 1 is 1.14 bits per heavy atom. The van der Waals surface area contributed by atoms with Gasteiger partial charge >= 0.3 is 0 Å². The second-order valence-corrected chi connectivity index (χ2v) is 6.41. The third-order valence-electron chi connectivity index (χ3n) is 4.45. The van der Waals surface area contributed by atoms with Crippen molar-refractivity contribution in [2.45, 2.75) is 19.6 Å². The number of hydrogen-bond acceptors (Lipinski definition) is 6. The van der Waals surface area contributed by atoms with Gasteiger partial charge in [0.15, 0.2) is 5.65 Å². The lowest BCUT2D eigenvalue weighted by molar-refractivity contribution is 0.282. The second kappa shape index (κ2) is 7.24. The van der Waals surface area contributed by atoms with Gasteiger partial charge in [-0.05, 0) is 55.0 Å². The van der Waals surface area contributed by atoms with Crippen LogP contribution in [0.3, 0.4) is 0 Å². The number of aliphatic hydroxyl groups excluding tert-OH is 1. The molecule has 0 unspecified atom stereocenters. The Labute approximate surface area is 160 Å². The standard InChI is InChI=1S/C20H18FN5O2/c1-12(15-9-14(21)2-3-18(15)28)24-19-4-5-20-23-10-17(26(20)25-19)16-8-13(11-27)6-7-22-16/h2-10,12,27-28H,11H2,1H3,(H,24,25)/t12-/m1/s1. The first-order chi connectivity index (χ1) is 13.5. The maximum absolute atomic E-state index is 13.5. The maximum atomic E-state index is 13.5. The summed E-state index contributed by atoms with van der Waals surface area (Å²) in [6, 6.07) is 10.5. The van der Waals surface area contributed by atoms with E-state index in [1.807, 2.05) is 6.92 Å². The van der Waals surface area contributed by atoms with Gasteiger partial charge in [0.25, 0.3) is 0 Å². The predicted octanol–water partition coefficient (Wildman–Crippen LogP) is 3.30. The van der Waals surface area contributed by atoms with Crippen molar-refractivity contribution in [1.29, 1.82) is 0 Å². The first-order valence-corrected chi connectivity index (χ1v) is 8.71. The number of nitrogens with zero attached hydrogens (tertiary/aromatic N) is 4. The van der Waals surface area contributed by atoms with Crippen LogP contribution in [-0.4, -0.2) is 29.8 Å². The second-order valence-electron chi connectivity index (χ2n) is 6.41. The molecule has 1 aromatic carbocycles. The minimum atomic E-state index is -0.420. The fraction of sp³-hybridized carbons (Fsp3) is 0.150. The number of rotatable bonds is 5. The first-order valence-electron chi connectivity index (χ1n) is 8.71. The van der Waals surface area contributed by atoms with E-state index in [-0.39, 0.29) is 18.4 Å². The van der Waals surface area contributed by atoms with Crippen LogP contribution in [0.4, 0.5) is 10.2 Å². The number of pyridine rings is 1. The predicted molar refractivity (Wildman–Crippen MR) is 102 cm³/mol. The van der Waals surface area contributed by atoms with Crippen LogP contribution >= 0.6 is 0 Å². The third-order valence-corrected chi connectivity index (χ3v) is 4.45. The van der Waals surface area contributed by atoms with Gasteiger partial charge in [-0.2, -0.15) is 0 Å². The van der Waals surface area contributed by atoms with Crippen molar-refractivity contribution >= 4 is 11.5 Å². The molecule has 28 heavy (non-hydrogen) atoms. The van der Waals surface area contributed by atoms with Gasteiger partial charge < -0.3 is 15.5 Å². The van der Waals surface area contributed by atoms with Gasteiger partial charge in [-0.3, -0.25) is 4.98 Å². The Morgan fingerprint density at radius 2 is 2.00 bits per heavy atom. The van der Waals surface area contributed by atoms with Gasteiger partial charge in [-0.25, -0.2) is 13.9 Å². The largest absolute Gasteiger partial charge is 0.508 e. The van der Waals surface area contributed by atoms with E-state index in [1.165, 1.54) is 18.2 Å². The zero-order chi connectivity index (χ0) is 19.7. The van der Waals surface area contributed by atoms with Gasteiger partial charge in [0, 0.05) is 11.8 Å². The molecule has 8 heteroatoms. The summed E-state index contributed by atoms with van der Waals surface area (Å²) in [6.07, 6.45) is 3.29. The van der Waals surface area contributed by atoms with Crippen LogP contribution in [0.25, 0.3) is 17.0 Å². The Morgan fingerprint density at radius 3 is 2.82 bits per heavy atom. The van der Waals surface area contributed by atoms with Crippen LogP contribution in [0.2, 0.25) is 0 Å². The van der Waals surface area contributed by atoms with Crippen LogP contribution in [0.5, 0.6) is 5.75 Å². The highest BCUT2D eigenvalue weighted by Crippen LogP contribution is 2.27. The molecule has 0 saturated heterocycles. The molecule has 3 heterocycles. The van der Waals surface area contributed by atoms with Crippen molar-refractivity contribution < 1.29 is 14.6 Å². The van der Waals surface area contributed by atoms with E-state index in [0.29, 0.717) is 28.4 Å². The number of phenols is 1. The molecule has 142 valence electrons. The molecule has 1 atom stereocenters. The highest BCUT2D eigenvalue weighted by molar-refractivity contribution is 5.61. The van der Waals surface area contributed by atoms with Crippen molar-refractivity contribution in [3.05, 3.63) is 71.8 Å². The van der Waals surface area contributed by atoms with Crippen molar-refractivity contribution in [3.8, 4) is 17.1 Å². The molecule has 0 aliphatic rings. The number of benzene rings is 1. The Kier molecular flexibility index (Phi) is 4.62. The zero-order valence-corrected chi connectivity index (χ0v) is 15.0. The molecule has 4 rings (SSSR count). The number of aromatic nitrogens is 4. The van der Waals surface area contributed by atoms with Crippen molar-refractivity contribution in [1.82, 2.24) is 19.6 Å².